The van der Waals surface area contributed by atoms with Crippen LogP contribution in [0.1, 0.15) is 45.5 Å². The smallest absolute Gasteiger partial charge is 0.416 e. The molecule has 1 atom stereocenters. The average molecular weight is 451 g/mol. The van der Waals surface area contributed by atoms with Gasteiger partial charge in [0.1, 0.15) is 0 Å². The molecule has 168 valence electrons. The first-order chi connectivity index (χ1) is 15.7. The van der Waals surface area contributed by atoms with Gasteiger partial charge in [0, 0.05) is 17.2 Å². The van der Waals surface area contributed by atoms with E-state index in [1.54, 1.807) is 30.3 Å². The zero-order chi connectivity index (χ0) is 23.8. The molecule has 1 amide bonds. The number of aromatic carboxylic acids is 1. The fraction of sp³-hybridized carbons (Fsp3) is 0.154. The first-order valence-electron chi connectivity index (χ1n) is 10.3. The molecule has 33 heavy (non-hydrogen) atoms. The number of carboxylic acids is 1. The molecule has 7 heteroatoms. The molecule has 1 aliphatic heterocycles. The lowest BCUT2D eigenvalue weighted by molar-refractivity contribution is -0.138. The van der Waals surface area contributed by atoms with Crippen molar-refractivity contribution in [1.82, 2.24) is 0 Å². The largest absolute Gasteiger partial charge is 0.478 e. The third kappa shape index (κ3) is 4.39. The molecule has 1 heterocycles. The van der Waals surface area contributed by atoms with Crippen molar-refractivity contribution in [2.24, 2.45) is 0 Å². The van der Waals surface area contributed by atoms with Gasteiger partial charge in [0.2, 0.25) is 0 Å². The molecule has 0 aromatic heterocycles. The third-order valence-corrected chi connectivity index (χ3v) is 5.78. The minimum Gasteiger partial charge on any atom is -0.478 e. The van der Waals surface area contributed by atoms with Crippen LogP contribution in [-0.4, -0.2) is 17.0 Å². The minimum absolute atomic E-state index is 0.00728. The van der Waals surface area contributed by atoms with Gasteiger partial charge in [-0.1, -0.05) is 55.5 Å². The van der Waals surface area contributed by atoms with E-state index in [0.717, 1.165) is 11.6 Å². The number of fused-ring (bicyclic) bond motifs is 1. The van der Waals surface area contributed by atoms with Crippen molar-refractivity contribution in [3.63, 3.8) is 0 Å². The number of rotatable bonds is 4. The summed E-state index contributed by atoms with van der Waals surface area (Å²) in [4.78, 5) is 26.0. The maximum Gasteiger partial charge on any atom is 0.416 e. The first-order valence-corrected chi connectivity index (χ1v) is 10.3. The van der Waals surface area contributed by atoms with Crippen molar-refractivity contribution in [2.45, 2.75) is 25.6 Å². The monoisotopic (exact) mass is 451 g/mol. The van der Waals surface area contributed by atoms with E-state index < -0.39 is 17.7 Å². The van der Waals surface area contributed by atoms with Crippen LogP contribution in [0.15, 0.2) is 78.4 Å². The predicted octanol–water partition coefficient (Wildman–Crippen LogP) is 6.14. The second-order valence-corrected chi connectivity index (χ2v) is 7.85. The number of amides is 1. The molecule has 0 fully saturated rings. The van der Waals surface area contributed by atoms with Crippen LogP contribution in [0.3, 0.4) is 0 Å². The standard InChI is InChI=1S/C26H20F3NO3/c1-16-20-7-3-5-9-23(20)30(15-19-6-2-4-8-22(19)26(27,28)29)24(31)21(16)14-17-10-12-18(13-11-17)25(32)33/h2-14,16H,15H2,1H3,(H,32,33)/b21-14-/t16-/m0/s1. The van der Waals surface area contributed by atoms with E-state index in [4.69, 9.17) is 5.11 Å². The van der Waals surface area contributed by atoms with Crippen molar-refractivity contribution in [3.8, 4) is 0 Å². The number of hydrogen-bond donors (Lipinski definition) is 1. The summed E-state index contributed by atoms with van der Waals surface area (Å²) in [5.41, 5.74) is 1.80. The Morgan fingerprint density at radius 2 is 1.64 bits per heavy atom. The highest BCUT2D eigenvalue weighted by Gasteiger charge is 2.37. The quantitative estimate of drug-likeness (QED) is 0.485. The Kier molecular flexibility index (Phi) is 5.80. The highest BCUT2D eigenvalue weighted by Crippen LogP contribution is 2.41. The second kappa shape index (κ2) is 8.58. The molecule has 4 nitrogen and oxygen atoms in total. The van der Waals surface area contributed by atoms with Gasteiger partial charge in [0.15, 0.2) is 0 Å². The Morgan fingerprint density at radius 3 is 2.30 bits per heavy atom. The molecule has 0 bridgehead atoms. The van der Waals surface area contributed by atoms with Crippen LogP contribution in [0, 0.1) is 0 Å². The highest BCUT2D eigenvalue weighted by atomic mass is 19.4. The maximum absolute atomic E-state index is 13.6. The Hall–Kier alpha value is -3.87. The molecule has 4 rings (SSSR count). The number of carbonyl (C=O) groups excluding carboxylic acids is 1. The summed E-state index contributed by atoms with van der Waals surface area (Å²) in [6.07, 6.45) is -2.87. The first kappa shape index (κ1) is 22.3. The zero-order valence-electron chi connectivity index (χ0n) is 17.6. The summed E-state index contributed by atoms with van der Waals surface area (Å²) >= 11 is 0. The normalized spacial score (nSPS) is 17.2. The zero-order valence-corrected chi connectivity index (χ0v) is 17.6. The van der Waals surface area contributed by atoms with E-state index in [9.17, 15) is 22.8 Å². The molecular weight excluding hydrogens is 431 g/mol. The van der Waals surface area contributed by atoms with Crippen LogP contribution >= 0.6 is 0 Å². The Bertz CT molecular complexity index is 1250. The van der Waals surface area contributed by atoms with Gasteiger partial charge in [-0.3, -0.25) is 4.79 Å². The summed E-state index contributed by atoms with van der Waals surface area (Å²) in [7, 11) is 0. The van der Waals surface area contributed by atoms with Crippen LogP contribution in [0.4, 0.5) is 18.9 Å². The number of para-hydroxylation sites is 1. The highest BCUT2D eigenvalue weighted by molar-refractivity contribution is 6.12. The molecule has 0 saturated carbocycles. The molecule has 1 aliphatic rings. The van der Waals surface area contributed by atoms with Crippen molar-refractivity contribution in [1.29, 1.82) is 0 Å². The van der Waals surface area contributed by atoms with Crippen LogP contribution in [0.2, 0.25) is 0 Å². The summed E-state index contributed by atoms with van der Waals surface area (Å²) in [5, 5.41) is 9.09. The second-order valence-electron chi connectivity index (χ2n) is 7.85. The number of anilines is 1. The topological polar surface area (TPSA) is 57.6 Å². The third-order valence-electron chi connectivity index (χ3n) is 5.78. The number of carboxylic acid groups (broad SMARTS) is 1. The molecule has 1 N–H and O–H groups in total. The fourth-order valence-corrected chi connectivity index (χ4v) is 4.07. The maximum atomic E-state index is 13.6. The van der Waals surface area contributed by atoms with Gasteiger partial charge < -0.3 is 10.0 Å². The molecule has 3 aromatic carbocycles. The Morgan fingerprint density at radius 1 is 1.00 bits per heavy atom. The number of carbonyl (C=O) groups is 2. The van der Waals surface area contributed by atoms with Crippen LogP contribution in [0.25, 0.3) is 6.08 Å². The van der Waals surface area contributed by atoms with Gasteiger partial charge >= 0.3 is 12.1 Å². The molecule has 0 saturated heterocycles. The summed E-state index contributed by atoms with van der Waals surface area (Å²) in [6, 6.07) is 18.5. The summed E-state index contributed by atoms with van der Waals surface area (Å²) in [5.74, 6) is -1.73. The van der Waals surface area contributed by atoms with Crippen molar-refractivity contribution >= 4 is 23.6 Å². The van der Waals surface area contributed by atoms with Crippen LogP contribution in [-0.2, 0) is 17.5 Å². The van der Waals surface area contributed by atoms with Gasteiger partial charge in [0.25, 0.3) is 5.91 Å². The van der Waals surface area contributed by atoms with E-state index in [1.165, 1.54) is 35.2 Å². The van der Waals surface area contributed by atoms with E-state index in [2.05, 4.69) is 0 Å². The Labute approximate surface area is 188 Å². The lowest BCUT2D eigenvalue weighted by Crippen LogP contribution is -2.38. The van der Waals surface area contributed by atoms with E-state index in [0.29, 0.717) is 16.8 Å². The average Bonchev–Trinajstić information content (AvgIpc) is 2.79. The molecule has 0 radical (unpaired) electrons. The van der Waals surface area contributed by atoms with Crippen LogP contribution in [0.5, 0.6) is 0 Å². The van der Waals surface area contributed by atoms with E-state index in [1.807, 2.05) is 19.1 Å². The van der Waals surface area contributed by atoms with Crippen molar-refractivity contribution in [2.75, 3.05) is 4.90 Å². The SMILES string of the molecule is C[C@@H]1/C(=C/c2ccc(C(=O)O)cc2)C(=O)N(Cc2ccccc2C(F)(F)F)c2ccccc21. The summed E-state index contributed by atoms with van der Waals surface area (Å²) < 4.78 is 40.7. The molecule has 0 unspecified atom stereocenters. The van der Waals surface area contributed by atoms with Crippen molar-refractivity contribution in [3.05, 3.63) is 106 Å². The lowest BCUT2D eigenvalue weighted by Gasteiger charge is -2.35. The van der Waals surface area contributed by atoms with Gasteiger partial charge in [-0.2, -0.15) is 13.2 Å². The number of halogens is 3. The van der Waals surface area contributed by atoms with Gasteiger partial charge in [0.05, 0.1) is 17.7 Å². The minimum atomic E-state index is -4.53. The molecule has 0 aliphatic carbocycles. The molecule has 0 spiro atoms. The van der Waals surface area contributed by atoms with Crippen LogP contribution < -0.4 is 4.90 Å². The van der Waals surface area contributed by atoms with Gasteiger partial charge in [-0.15, -0.1) is 0 Å². The number of benzene rings is 3. The van der Waals surface area contributed by atoms with Crippen molar-refractivity contribution < 1.29 is 27.9 Å². The van der Waals surface area contributed by atoms with Gasteiger partial charge in [-0.05, 0) is 47.0 Å². The fourth-order valence-electron chi connectivity index (χ4n) is 4.07. The Balaban J connectivity index is 1.78. The lowest BCUT2D eigenvalue weighted by atomic mass is 9.85. The van der Waals surface area contributed by atoms with Gasteiger partial charge in [-0.25, -0.2) is 4.79 Å². The van der Waals surface area contributed by atoms with E-state index in [-0.39, 0.29) is 29.5 Å². The summed E-state index contributed by atoms with van der Waals surface area (Å²) in [6.45, 7) is 1.64. The number of alkyl halides is 3. The van der Waals surface area contributed by atoms with E-state index >= 15 is 0 Å². The predicted molar refractivity (Wildman–Crippen MR) is 119 cm³/mol. The molecule has 3 aromatic rings. The number of hydrogen-bond acceptors (Lipinski definition) is 2. The number of nitrogens with zero attached hydrogens (tertiary/aromatic N) is 1. The molecular formula is C26H20F3NO3.